The molecule has 1 rings (SSSR count). The van der Waals surface area contributed by atoms with Gasteiger partial charge < -0.3 is 10.5 Å². The Bertz CT molecular complexity index is 393. The molecule has 0 saturated carbocycles. The van der Waals surface area contributed by atoms with Gasteiger partial charge in [0.05, 0.1) is 5.69 Å². The molecular formula is C8H5BrF5NO. The van der Waals surface area contributed by atoms with E-state index in [4.69, 9.17) is 5.73 Å². The number of nitrogens with two attached hydrogens (primary N) is 1. The zero-order valence-corrected chi connectivity index (χ0v) is 9.07. The second kappa shape index (κ2) is 4.44. The minimum atomic E-state index is -4.97. The Hall–Kier alpha value is -1.05. The minimum absolute atomic E-state index is 0.0745. The summed E-state index contributed by atoms with van der Waals surface area (Å²) in [5.74, 6) is -0.842. The summed E-state index contributed by atoms with van der Waals surface area (Å²) in [6.45, 7) is 0. The summed E-state index contributed by atoms with van der Waals surface area (Å²) in [5.41, 5.74) is 4.20. The SMILES string of the molecule is Nc1cc(Br)c(C(F)F)cc1OC(F)(F)F. The molecule has 0 bridgehead atoms. The molecule has 8 heteroatoms. The standard InChI is InChI=1S/C8H5BrF5NO/c9-4-2-5(15)6(16-8(12,13)14)1-3(4)7(10)11/h1-2,7H,15H2. The number of alkyl halides is 5. The summed E-state index contributed by atoms with van der Waals surface area (Å²) >= 11 is 2.76. The number of rotatable bonds is 2. The van der Waals surface area contributed by atoms with Gasteiger partial charge in [-0.05, 0) is 12.1 Å². The smallest absolute Gasteiger partial charge is 0.404 e. The zero-order valence-electron chi connectivity index (χ0n) is 7.49. The van der Waals surface area contributed by atoms with Gasteiger partial charge in [-0.3, -0.25) is 0 Å². The lowest BCUT2D eigenvalue weighted by Gasteiger charge is -2.13. The highest BCUT2D eigenvalue weighted by Gasteiger charge is 2.32. The lowest BCUT2D eigenvalue weighted by Crippen LogP contribution is -2.18. The van der Waals surface area contributed by atoms with Gasteiger partial charge in [0.25, 0.3) is 6.43 Å². The molecule has 1 aromatic rings. The molecule has 0 aliphatic carbocycles. The molecule has 0 amide bonds. The Labute approximate surface area is 95.3 Å². The van der Waals surface area contributed by atoms with Crippen molar-refractivity contribution in [2.24, 2.45) is 0 Å². The fourth-order valence-electron chi connectivity index (χ4n) is 0.965. The molecule has 0 heterocycles. The fraction of sp³-hybridized carbons (Fsp3) is 0.250. The Morgan fingerprint density at radius 3 is 2.25 bits per heavy atom. The normalized spacial score (nSPS) is 11.9. The monoisotopic (exact) mass is 305 g/mol. The third kappa shape index (κ3) is 3.22. The van der Waals surface area contributed by atoms with E-state index in [1.807, 2.05) is 0 Å². The van der Waals surface area contributed by atoms with Gasteiger partial charge in [-0.1, -0.05) is 15.9 Å². The van der Waals surface area contributed by atoms with Gasteiger partial charge in [-0.15, -0.1) is 13.2 Å². The molecule has 0 aliphatic heterocycles. The first-order chi connectivity index (χ1) is 7.20. The van der Waals surface area contributed by atoms with E-state index in [9.17, 15) is 22.0 Å². The number of ether oxygens (including phenoxy) is 1. The van der Waals surface area contributed by atoms with Gasteiger partial charge in [0.1, 0.15) is 0 Å². The van der Waals surface area contributed by atoms with Crippen molar-refractivity contribution in [1.82, 2.24) is 0 Å². The van der Waals surface area contributed by atoms with Gasteiger partial charge in [0, 0.05) is 10.0 Å². The highest BCUT2D eigenvalue weighted by Crippen LogP contribution is 2.37. The van der Waals surface area contributed by atoms with Crippen LogP contribution in [0.25, 0.3) is 0 Å². The van der Waals surface area contributed by atoms with Crippen molar-refractivity contribution in [2.45, 2.75) is 12.8 Å². The molecule has 0 spiro atoms. The first-order valence-electron chi connectivity index (χ1n) is 3.83. The molecule has 0 radical (unpaired) electrons. The molecule has 2 N–H and O–H groups in total. The van der Waals surface area contributed by atoms with E-state index in [0.717, 1.165) is 6.07 Å². The summed E-state index contributed by atoms with van der Waals surface area (Å²) in [5, 5.41) is 0. The largest absolute Gasteiger partial charge is 0.573 e. The van der Waals surface area contributed by atoms with Crippen molar-refractivity contribution >= 4 is 21.6 Å². The Morgan fingerprint density at radius 1 is 1.25 bits per heavy atom. The number of benzene rings is 1. The molecule has 16 heavy (non-hydrogen) atoms. The van der Waals surface area contributed by atoms with Crippen LogP contribution in [0.4, 0.5) is 27.6 Å². The first-order valence-corrected chi connectivity index (χ1v) is 4.63. The predicted octanol–water partition coefficient (Wildman–Crippen LogP) is 3.87. The maximum atomic E-state index is 12.4. The van der Waals surface area contributed by atoms with Crippen molar-refractivity contribution in [1.29, 1.82) is 0 Å². The molecule has 0 fully saturated rings. The van der Waals surface area contributed by atoms with E-state index >= 15 is 0 Å². The highest BCUT2D eigenvalue weighted by molar-refractivity contribution is 9.10. The number of nitrogen functional groups attached to an aromatic ring is 1. The predicted molar refractivity (Wildman–Crippen MR) is 50.2 cm³/mol. The number of hydrogen-bond donors (Lipinski definition) is 1. The third-order valence-corrected chi connectivity index (χ3v) is 2.28. The first kappa shape index (κ1) is 13.0. The van der Waals surface area contributed by atoms with Crippen molar-refractivity contribution in [3.05, 3.63) is 22.2 Å². The second-order valence-electron chi connectivity index (χ2n) is 2.76. The van der Waals surface area contributed by atoms with Gasteiger partial charge in [-0.25, -0.2) is 8.78 Å². The van der Waals surface area contributed by atoms with E-state index in [1.54, 1.807) is 0 Å². The number of hydrogen-bond acceptors (Lipinski definition) is 2. The van der Waals surface area contributed by atoms with Crippen LogP contribution in [0.1, 0.15) is 12.0 Å². The zero-order chi connectivity index (χ0) is 12.5. The molecule has 1 aromatic carbocycles. The van der Waals surface area contributed by atoms with Gasteiger partial charge >= 0.3 is 6.36 Å². The van der Waals surface area contributed by atoms with Crippen LogP contribution < -0.4 is 10.5 Å². The van der Waals surface area contributed by atoms with Crippen molar-refractivity contribution in [3.8, 4) is 5.75 Å². The fourth-order valence-corrected chi connectivity index (χ4v) is 1.50. The van der Waals surface area contributed by atoms with Crippen LogP contribution in [-0.2, 0) is 0 Å². The van der Waals surface area contributed by atoms with Crippen LogP contribution in [0, 0.1) is 0 Å². The molecule has 90 valence electrons. The van der Waals surface area contributed by atoms with Crippen LogP contribution >= 0.6 is 15.9 Å². The second-order valence-corrected chi connectivity index (χ2v) is 3.61. The Morgan fingerprint density at radius 2 is 1.81 bits per heavy atom. The highest BCUT2D eigenvalue weighted by atomic mass is 79.9. The van der Waals surface area contributed by atoms with Crippen molar-refractivity contribution in [2.75, 3.05) is 5.73 Å². The lowest BCUT2D eigenvalue weighted by atomic mass is 10.2. The van der Waals surface area contributed by atoms with E-state index in [1.165, 1.54) is 0 Å². The van der Waals surface area contributed by atoms with Crippen LogP contribution in [0.2, 0.25) is 0 Å². The van der Waals surface area contributed by atoms with E-state index in [0.29, 0.717) is 6.07 Å². The maximum absolute atomic E-state index is 12.4. The van der Waals surface area contributed by atoms with E-state index in [2.05, 4.69) is 20.7 Å². The lowest BCUT2D eigenvalue weighted by molar-refractivity contribution is -0.274. The minimum Gasteiger partial charge on any atom is -0.404 e. The topological polar surface area (TPSA) is 35.2 Å². The summed E-state index contributed by atoms with van der Waals surface area (Å²) < 4.78 is 63.8. The van der Waals surface area contributed by atoms with Crippen molar-refractivity contribution in [3.63, 3.8) is 0 Å². The van der Waals surface area contributed by atoms with Gasteiger partial charge in [0.2, 0.25) is 0 Å². The van der Waals surface area contributed by atoms with Gasteiger partial charge in [0.15, 0.2) is 5.75 Å². The molecule has 2 nitrogen and oxygen atoms in total. The average molecular weight is 306 g/mol. The maximum Gasteiger partial charge on any atom is 0.573 e. The summed E-state index contributed by atoms with van der Waals surface area (Å²) in [7, 11) is 0. The summed E-state index contributed by atoms with van der Waals surface area (Å²) in [6.07, 6.45) is -7.90. The molecular weight excluding hydrogens is 301 g/mol. The quantitative estimate of drug-likeness (QED) is 0.665. The summed E-state index contributed by atoms with van der Waals surface area (Å²) in [6, 6.07) is 1.49. The summed E-state index contributed by atoms with van der Waals surface area (Å²) in [4.78, 5) is 0. The molecule has 0 unspecified atom stereocenters. The Kier molecular flexibility index (Phi) is 3.61. The molecule has 0 aliphatic rings. The molecule has 0 aromatic heterocycles. The third-order valence-electron chi connectivity index (χ3n) is 1.59. The van der Waals surface area contributed by atoms with Crippen LogP contribution in [-0.4, -0.2) is 6.36 Å². The number of halogens is 6. The van der Waals surface area contributed by atoms with Crippen LogP contribution in [0.5, 0.6) is 5.75 Å². The molecule has 0 atom stereocenters. The average Bonchev–Trinajstić information content (AvgIpc) is 2.07. The van der Waals surface area contributed by atoms with E-state index in [-0.39, 0.29) is 10.2 Å². The van der Waals surface area contributed by atoms with E-state index < -0.39 is 24.1 Å². The van der Waals surface area contributed by atoms with Gasteiger partial charge in [-0.2, -0.15) is 0 Å². The Balaban J connectivity index is 3.15. The number of anilines is 1. The van der Waals surface area contributed by atoms with Crippen molar-refractivity contribution < 1.29 is 26.7 Å². The van der Waals surface area contributed by atoms with Crippen LogP contribution in [0.15, 0.2) is 16.6 Å². The molecule has 0 saturated heterocycles. The van der Waals surface area contributed by atoms with Crippen LogP contribution in [0.3, 0.4) is 0 Å².